The van der Waals surface area contributed by atoms with Crippen LogP contribution in [0, 0.1) is 12.7 Å². The lowest BCUT2D eigenvalue weighted by atomic mass is 10.1. The number of β-amino-alcohol motifs (C(OH)–C–C–N with tert-alkyl or cyclic N) is 1. The first-order valence-electron chi connectivity index (χ1n) is 12.1. The maximum absolute atomic E-state index is 13.4. The fourth-order valence-electron chi connectivity index (χ4n) is 4.18. The van der Waals surface area contributed by atoms with E-state index >= 15 is 0 Å². The third kappa shape index (κ3) is 7.43. The lowest BCUT2D eigenvalue weighted by Gasteiger charge is -2.30. The van der Waals surface area contributed by atoms with Crippen LogP contribution in [-0.4, -0.2) is 72.0 Å². The maximum Gasteiger partial charge on any atom is 0.161 e. The van der Waals surface area contributed by atoms with Gasteiger partial charge < -0.3 is 24.1 Å². The number of aliphatic hydroxyl groups is 1. The molecule has 0 radical (unpaired) electrons. The Morgan fingerprint density at radius 1 is 1.17 bits per heavy atom. The van der Waals surface area contributed by atoms with E-state index in [0.717, 1.165) is 24.1 Å². The standard InChI is InChI=1S/C27H34FN3O5/c1-21-15-29-31(16-21)9-4-11-35-25-8-7-22(13-26(25)33-2)17-30-10-12-34-19-27(32,18-30)20-36-24-6-3-5-23(28)14-24/h3,5-8,13-16,32H,4,9-12,17-20H2,1-2H3/t27-/m0/s1. The summed E-state index contributed by atoms with van der Waals surface area (Å²) in [7, 11) is 1.63. The molecular formula is C27H34FN3O5. The highest BCUT2D eigenvalue weighted by atomic mass is 19.1. The van der Waals surface area contributed by atoms with Gasteiger partial charge in [-0.3, -0.25) is 9.58 Å². The summed E-state index contributed by atoms with van der Waals surface area (Å²) >= 11 is 0. The number of halogens is 1. The molecule has 194 valence electrons. The van der Waals surface area contributed by atoms with E-state index in [0.29, 0.717) is 50.1 Å². The maximum atomic E-state index is 13.4. The molecule has 1 aliphatic rings. The molecule has 1 N–H and O–H groups in total. The van der Waals surface area contributed by atoms with Crippen molar-refractivity contribution < 1.29 is 28.4 Å². The van der Waals surface area contributed by atoms with Gasteiger partial charge in [0.15, 0.2) is 11.5 Å². The molecule has 4 rings (SSSR count). The van der Waals surface area contributed by atoms with Gasteiger partial charge in [0.25, 0.3) is 0 Å². The average Bonchev–Trinajstić information content (AvgIpc) is 3.19. The number of ether oxygens (including phenoxy) is 4. The van der Waals surface area contributed by atoms with Gasteiger partial charge in [0, 0.05) is 44.9 Å². The van der Waals surface area contributed by atoms with Crippen molar-refractivity contribution in [3.63, 3.8) is 0 Å². The highest BCUT2D eigenvalue weighted by molar-refractivity contribution is 5.43. The monoisotopic (exact) mass is 499 g/mol. The molecule has 0 unspecified atom stereocenters. The van der Waals surface area contributed by atoms with Gasteiger partial charge in [-0.15, -0.1) is 0 Å². The minimum absolute atomic E-state index is 0.00114. The number of aromatic nitrogens is 2. The first kappa shape index (κ1) is 25.9. The Morgan fingerprint density at radius 2 is 2.06 bits per heavy atom. The van der Waals surface area contributed by atoms with Gasteiger partial charge in [0.05, 0.1) is 33.1 Å². The van der Waals surface area contributed by atoms with Gasteiger partial charge in [-0.05, 0) is 42.3 Å². The number of aryl methyl sites for hydroxylation is 2. The van der Waals surface area contributed by atoms with Crippen molar-refractivity contribution in [2.45, 2.75) is 32.0 Å². The second-order valence-corrected chi connectivity index (χ2v) is 9.20. The molecule has 1 fully saturated rings. The Hall–Kier alpha value is -3.14. The summed E-state index contributed by atoms with van der Waals surface area (Å²) in [6.45, 7) is 5.62. The molecule has 36 heavy (non-hydrogen) atoms. The molecule has 2 aromatic carbocycles. The third-order valence-corrected chi connectivity index (χ3v) is 5.93. The number of hydrogen-bond donors (Lipinski definition) is 1. The SMILES string of the molecule is COc1cc(CN2CCOC[C@](O)(COc3cccc(F)c3)C2)ccc1OCCCn1cc(C)cn1. The lowest BCUT2D eigenvalue weighted by molar-refractivity contribution is -0.0647. The Bertz CT molecular complexity index is 1120. The van der Waals surface area contributed by atoms with E-state index in [4.69, 9.17) is 18.9 Å². The second kappa shape index (κ2) is 12.2. The van der Waals surface area contributed by atoms with E-state index in [1.165, 1.54) is 12.1 Å². The summed E-state index contributed by atoms with van der Waals surface area (Å²) in [4.78, 5) is 2.11. The molecule has 1 atom stereocenters. The highest BCUT2D eigenvalue weighted by Gasteiger charge is 2.33. The number of nitrogens with zero attached hydrogens (tertiary/aromatic N) is 3. The molecule has 0 bridgehead atoms. The van der Waals surface area contributed by atoms with Gasteiger partial charge in [0.2, 0.25) is 0 Å². The van der Waals surface area contributed by atoms with Gasteiger partial charge >= 0.3 is 0 Å². The fraction of sp³-hybridized carbons (Fsp3) is 0.444. The summed E-state index contributed by atoms with van der Waals surface area (Å²) < 4.78 is 38.2. The van der Waals surface area contributed by atoms with E-state index in [9.17, 15) is 9.50 Å². The quantitative estimate of drug-likeness (QED) is 0.405. The minimum Gasteiger partial charge on any atom is -0.493 e. The van der Waals surface area contributed by atoms with Crippen LogP contribution in [0.15, 0.2) is 54.9 Å². The first-order valence-corrected chi connectivity index (χ1v) is 12.1. The van der Waals surface area contributed by atoms with Gasteiger partial charge in [-0.2, -0.15) is 5.10 Å². The van der Waals surface area contributed by atoms with Crippen LogP contribution in [0.5, 0.6) is 17.2 Å². The second-order valence-electron chi connectivity index (χ2n) is 9.20. The molecule has 0 aliphatic carbocycles. The van der Waals surface area contributed by atoms with Crippen molar-refractivity contribution in [3.8, 4) is 17.2 Å². The van der Waals surface area contributed by atoms with Crippen LogP contribution >= 0.6 is 0 Å². The topological polar surface area (TPSA) is 78.2 Å². The van der Waals surface area contributed by atoms with E-state index in [-0.39, 0.29) is 19.0 Å². The molecule has 3 aromatic rings. The van der Waals surface area contributed by atoms with Crippen LogP contribution < -0.4 is 14.2 Å². The van der Waals surface area contributed by atoms with Gasteiger partial charge in [-0.1, -0.05) is 12.1 Å². The molecule has 0 spiro atoms. The molecular weight excluding hydrogens is 465 g/mol. The van der Waals surface area contributed by atoms with E-state index in [2.05, 4.69) is 10.00 Å². The molecule has 8 nitrogen and oxygen atoms in total. The number of benzene rings is 2. The average molecular weight is 500 g/mol. The molecule has 2 heterocycles. The van der Waals surface area contributed by atoms with Crippen LogP contribution in [0.25, 0.3) is 0 Å². The summed E-state index contributed by atoms with van der Waals surface area (Å²) in [6, 6.07) is 11.8. The zero-order valence-corrected chi connectivity index (χ0v) is 20.9. The van der Waals surface area contributed by atoms with Crippen molar-refractivity contribution in [1.82, 2.24) is 14.7 Å². The number of methoxy groups -OCH3 is 1. The van der Waals surface area contributed by atoms with E-state index in [1.807, 2.05) is 42.2 Å². The Morgan fingerprint density at radius 3 is 2.83 bits per heavy atom. The van der Waals surface area contributed by atoms with Crippen molar-refractivity contribution >= 4 is 0 Å². The van der Waals surface area contributed by atoms with E-state index < -0.39 is 5.60 Å². The summed E-state index contributed by atoms with van der Waals surface area (Å²) in [5, 5.41) is 15.4. The first-order chi connectivity index (χ1) is 17.4. The zero-order valence-electron chi connectivity index (χ0n) is 20.9. The summed E-state index contributed by atoms with van der Waals surface area (Å²) in [5.41, 5.74) is 0.950. The Balaban J connectivity index is 1.31. The van der Waals surface area contributed by atoms with Crippen LogP contribution in [0.2, 0.25) is 0 Å². The zero-order chi connectivity index (χ0) is 25.4. The van der Waals surface area contributed by atoms with Crippen LogP contribution in [0.4, 0.5) is 4.39 Å². The molecule has 1 aliphatic heterocycles. The minimum atomic E-state index is -1.22. The number of hydrogen-bond acceptors (Lipinski definition) is 7. The van der Waals surface area contributed by atoms with Gasteiger partial charge in [-0.25, -0.2) is 4.39 Å². The fourth-order valence-corrected chi connectivity index (χ4v) is 4.18. The van der Waals surface area contributed by atoms with Crippen molar-refractivity contribution in [2.24, 2.45) is 0 Å². The molecule has 9 heteroatoms. The van der Waals surface area contributed by atoms with Crippen molar-refractivity contribution in [2.75, 3.05) is 46.6 Å². The van der Waals surface area contributed by atoms with Crippen LogP contribution in [0.3, 0.4) is 0 Å². The lowest BCUT2D eigenvalue weighted by Crippen LogP contribution is -2.48. The smallest absolute Gasteiger partial charge is 0.161 e. The largest absolute Gasteiger partial charge is 0.493 e. The molecule has 0 saturated carbocycles. The number of rotatable bonds is 11. The van der Waals surface area contributed by atoms with Gasteiger partial charge in [0.1, 0.15) is 23.8 Å². The predicted octanol–water partition coefficient (Wildman–Crippen LogP) is 3.45. The van der Waals surface area contributed by atoms with Crippen LogP contribution in [-0.2, 0) is 17.8 Å². The predicted molar refractivity (Wildman–Crippen MR) is 133 cm³/mol. The Kier molecular flexibility index (Phi) is 8.79. The normalized spacial score (nSPS) is 18.6. The van der Waals surface area contributed by atoms with Crippen molar-refractivity contribution in [3.05, 3.63) is 71.8 Å². The van der Waals surface area contributed by atoms with Crippen molar-refractivity contribution in [1.29, 1.82) is 0 Å². The third-order valence-electron chi connectivity index (χ3n) is 5.93. The molecule has 1 saturated heterocycles. The summed E-state index contributed by atoms with van der Waals surface area (Å²) in [6.07, 6.45) is 4.69. The van der Waals surface area contributed by atoms with E-state index in [1.54, 1.807) is 19.2 Å². The molecule has 1 aromatic heterocycles. The van der Waals surface area contributed by atoms with Crippen LogP contribution in [0.1, 0.15) is 17.5 Å². The molecule has 0 amide bonds. The summed E-state index contributed by atoms with van der Waals surface area (Å²) in [5.74, 6) is 1.35. The highest BCUT2D eigenvalue weighted by Crippen LogP contribution is 2.29. The Labute approximate surface area is 211 Å².